The lowest BCUT2D eigenvalue weighted by Gasteiger charge is -2.16. The van der Waals surface area contributed by atoms with Crippen LogP contribution in [-0.4, -0.2) is 7.11 Å². The number of methoxy groups -OCH3 is 1. The molecule has 2 aromatic rings. The second kappa shape index (κ2) is 6.52. The summed E-state index contributed by atoms with van der Waals surface area (Å²) in [5, 5.41) is 0.123. The van der Waals surface area contributed by atoms with Gasteiger partial charge in [0.05, 0.1) is 17.5 Å². The number of alkyl halides is 1. The molecule has 1 atom stereocenters. The molecule has 1 unspecified atom stereocenters. The molecule has 0 N–H and O–H groups in total. The van der Waals surface area contributed by atoms with Crippen LogP contribution in [0.1, 0.15) is 16.5 Å². The predicted octanol–water partition coefficient (Wildman–Crippen LogP) is 6.23. The molecule has 106 valence electrons. The fraction of sp³-hybridized carbons (Fsp3) is 0.143. The first-order valence-electron chi connectivity index (χ1n) is 5.56. The first-order chi connectivity index (χ1) is 9.43. The highest BCUT2D eigenvalue weighted by Crippen LogP contribution is 2.39. The maximum absolute atomic E-state index is 14.1. The van der Waals surface area contributed by atoms with Gasteiger partial charge in [-0.3, -0.25) is 0 Å². The van der Waals surface area contributed by atoms with E-state index in [1.54, 1.807) is 18.2 Å². The van der Waals surface area contributed by atoms with Crippen LogP contribution in [0.15, 0.2) is 34.8 Å². The Bertz CT molecular complexity index is 649. The summed E-state index contributed by atoms with van der Waals surface area (Å²) in [5.41, 5.74) is 0.847. The Morgan fingerprint density at radius 1 is 1.15 bits per heavy atom. The Balaban J connectivity index is 2.54. The summed E-state index contributed by atoms with van der Waals surface area (Å²) in [6, 6.07) is 7.78. The molecule has 0 aliphatic rings. The molecule has 0 heterocycles. The summed E-state index contributed by atoms with van der Waals surface area (Å²) in [6.07, 6.45) is 0. The van der Waals surface area contributed by atoms with E-state index in [9.17, 15) is 4.39 Å². The van der Waals surface area contributed by atoms with E-state index in [1.807, 2.05) is 0 Å². The second-order valence-electron chi connectivity index (χ2n) is 4.04. The molecule has 0 aliphatic heterocycles. The summed E-state index contributed by atoms with van der Waals surface area (Å²) < 4.78 is 19.8. The van der Waals surface area contributed by atoms with Crippen LogP contribution >= 0.6 is 50.7 Å². The van der Waals surface area contributed by atoms with Gasteiger partial charge in [0, 0.05) is 20.6 Å². The molecule has 0 amide bonds. The molecule has 0 aliphatic carbocycles. The van der Waals surface area contributed by atoms with Crippen LogP contribution in [-0.2, 0) is 0 Å². The van der Waals surface area contributed by atoms with Crippen molar-refractivity contribution >= 4 is 50.7 Å². The highest BCUT2D eigenvalue weighted by molar-refractivity contribution is 9.10. The molecule has 1 nitrogen and oxygen atoms in total. The molecule has 0 spiro atoms. The second-order valence-corrected chi connectivity index (χ2v) is 6.17. The maximum Gasteiger partial charge on any atom is 0.129 e. The van der Waals surface area contributed by atoms with E-state index in [2.05, 4.69) is 15.9 Å². The lowest BCUT2D eigenvalue weighted by Crippen LogP contribution is -2.00. The van der Waals surface area contributed by atoms with Crippen molar-refractivity contribution in [1.29, 1.82) is 0 Å². The van der Waals surface area contributed by atoms with E-state index in [4.69, 9.17) is 39.5 Å². The molecule has 0 radical (unpaired) electrons. The largest absolute Gasteiger partial charge is 0.496 e. The van der Waals surface area contributed by atoms with Gasteiger partial charge in [0.15, 0.2) is 0 Å². The summed E-state index contributed by atoms with van der Waals surface area (Å²) >= 11 is 21.5. The molecule has 0 fully saturated rings. The Morgan fingerprint density at radius 3 is 2.50 bits per heavy atom. The van der Waals surface area contributed by atoms with Gasteiger partial charge >= 0.3 is 0 Å². The van der Waals surface area contributed by atoms with Crippen LogP contribution in [0.25, 0.3) is 0 Å². The monoisotopic (exact) mass is 396 g/mol. The lowest BCUT2D eigenvalue weighted by atomic mass is 10.0. The zero-order valence-electron chi connectivity index (χ0n) is 10.3. The predicted molar refractivity (Wildman–Crippen MR) is 84.8 cm³/mol. The minimum absolute atomic E-state index is 0.264. The normalized spacial score (nSPS) is 12.3. The van der Waals surface area contributed by atoms with E-state index in [1.165, 1.54) is 19.2 Å². The fourth-order valence-electron chi connectivity index (χ4n) is 1.80. The number of halogens is 5. The van der Waals surface area contributed by atoms with Gasteiger partial charge in [-0.25, -0.2) is 4.39 Å². The molecule has 2 rings (SSSR count). The summed E-state index contributed by atoms with van der Waals surface area (Å²) in [6.45, 7) is 0. The van der Waals surface area contributed by atoms with Gasteiger partial charge in [0.1, 0.15) is 11.6 Å². The van der Waals surface area contributed by atoms with E-state index < -0.39 is 11.2 Å². The minimum atomic E-state index is -0.755. The third kappa shape index (κ3) is 3.22. The summed E-state index contributed by atoms with van der Waals surface area (Å²) in [4.78, 5) is 0. The molecule has 0 saturated heterocycles. The van der Waals surface area contributed by atoms with Crippen molar-refractivity contribution < 1.29 is 9.13 Å². The van der Waals surface area contributed by atoms with E-state index >= 15 is 0 Å². The van der Waals surface area contributed by atoms with Gasteiger partial charge in [-0.15, -0.1) is 11.6 Å². The number of rotatable bonds is 3. The smallest absolute Gasteiger partial charge is 0.129 e. The highest BCUT2D eigenvalue weighted by atomic mass is 79.9. The van der Waals surface area contributed by atoms with Crippen molar-refractivity contribution in [3.05, 3.63) is 61.8 Å². The van der Waals surface area contributed by atoms with Crippen molar-refractivity contribution in [2.45, 2.75) is 5.38 Å². The maximum atomic E-state index is 14.1. The quantitative estimate of drug-likeness (QED) is 0.440. The van der Waals surface area contributed by atoms with Gasteiger partial charge in [-0.05, 0) is 46.3 Å². The number of benzene rings is 2. The number of hydrogen-bond donors (Lipinski definition) is 0. The zero-order valence-corrected chi connectivity index (χ0v) is 14.1. The van der Waals surface area contributed by atoms with Crippen molar-refractivity contribution in [2.75, 3.05) is 7.11 Å². The summed E-state index contributed by atoms with van der Waals surface area (Å²) in [5.74, 6) is 0.0798. The minimum Gasteiger partial charge on any atom is -0.496 e. The van der Waals surface area contributed by atoms with Gasteiger partial charge in [-0.1, -0.05) is 23.2 Å². The Hall–Kier alpha value is -0.480. The van der Waals surface area contributed by atoms with Crippen LogP contribution in [0.3, 0.4) is 0 Å². The molecule has 0 aromatic heterocycles. The number of ether oxygens (including phenoxy) is 1. The average molecular weight is 398 g/mol. The average Bonchev–Trinajstić information content (AvgIpc) is 2.42. The van der Waals surface area contributed by atoms with Crippen molar-refractivity contribution in [2.24, 2.45) is 0 Å². The molecule has 0 bridgehead atoms. The molecule has 2 aromatic carbocycles. The lowest BCUT2D eigenvalue weighted by molar-refractivity contribution is 0.410. The Morgan fingerprint density at radius 2 is 1.85 bits per heavy atom. The molecular formula is C14H9BrCl3FO. The number of hydrogen-bond acceptors (Lipinski definition) is 1. The molecule has 6 heteroatoms. The van der Waals surface area contributed by atoms with Crippen LogP contribution in [0, 0.1) is 5.82 Å². The topological polar surface area (TPSA) is 9.23 Å². The van der Waals surface area contributed by atoms with Gasteiger partial charge < -0.3 is 4.74 Å². The first kappa shape index (κ1) is 15.9. The van der Waals surface area contributed by atoms with Crippen LogP contribution < -0.4 is 4.74 Å². The van der Waals surface area contributed by atoms with Crippen molar-refractivity contribution in [3.63, 3.8) is 0 Å². The van der Waals surface area contributed by atoms with Gasteiger partial charge in [-0.2, -0.15) is 0 Å². The van der Waals surface area contributed by atoms with Crippen LogP contribution in [0.4, 0.5) is 4.39 Å². The van der Waals surface area contributed by atoms with Crippen LogP contribution in [0.2, 0.25) is 10.0 Å². The molecule has 20 heavy (non-hydrogen) atoms. The van der Waals surface area contributed by atoms with Gasteiger partial charge in [0.25, 0.3) is 0 Å². The Labute approximate surface area is 139 Å². The summed E-state index contributed by atoms with van der Waals surface area (Å²) in [7, 11) is 1.52. The standard InChI is InChI=1S/C14H9BrCl3FO/c1-20-13-3-2-7(16)4-9(13)14(18)8-5-11(17)10(15)6-12(8)19/h2-6,14H,1H3. The third-order valence-electron chi connectivity index (χ3n) is 2.78. The van der Waals surface area contributed by atoms with Crippen LogP contribution in [0.5, 0.6) is 5.75 Å². The SMILES string of the molecule is COc1ccc(Cl)cc1C(Cl)c1cc(Cl)c(Br)cc1F. The zero-order chi connectivity index (χ0) is 14.9. The van der Waals surface area contributed by atoms with Gasteiger partial charge in [0.2, 0.25) is 0 Å². The van der Waals surface area contributed by atoms with Crippen molar-refractivity contribution in [3.8, 4) is 5.75 Å². The molecule has 0 saturated carbocycles. The fourth-order valence-corrected chi connectivity index (χ4v) is 2.81. The highest BCUT2D eigenvalue weighted by Gasteiger charge is 2.21. The third-order valence-corrected chi connectivity index (χ3v) is 4.68. The van der Waals surface area contributed by atoms with E-state index in [-0.39, 0.29) is 5.56 Å². The van der Waals surface area contributed by atoms with Crippen molar-refractivity contribution in [1.82, 2.24) is 0 Å². The Kier molecular flexibility index (Phi) is 5.19. The first-order valence-corrected chi connectivity index (χ1v) is 7.54. The van der Waals surface area contributed by atoms with E-state index in [0.717, 1.165) is 0 Å². The van der Waals surface area contributed by atoms with E-state index in [0.29, 0.717) is 25.8 Å². The molecular weight excluding hydrogens is 389 g/mol.